The van der Waals surface area contributed by atoms with Gasteiger partial charge in [-0.25, -0.2) is 4.79 Å². The van der Waals surface area contributed by atoms with Crippen LogP contribution in [0.4, 0.5) is 0 Å². The van der Waals surface area contributed by atoms with Crippen LogP contribution in [0.5, 0.6) is 6.01 Å². The molecule has 8 heteroatoms. The predicted molar refractivity (Wildman–Crippen MR) is 151 cm³/mol. The van der Waals surface area contributed by atoms with E-state index in [4.69, 9.17) is 18.9 Å². The highest BCUT2D eigenvalue weighted by molar-refractivity contribution is 5.15. The second kappa shape index (κ2) is 14.0. The molecule has 0 aliphatic heterocycles. The van der Waals surface area contributed by atoms with E-state index in [1.807, 2.05) is 97.9 Å². The third kappa shape index (κ3) is 7.21. The summed E-state index contributed by atoms with van der Waals surface area (Å²) in [6.45, 7) is 3.97. The van der Waals surface area contributed by atoms with Crippen molar-refractivity contribution in [2.24, 2.45) is 5.92 Å². The molecule has 40 heavy (non-hydrogen) atoms. The van der Waals surface area contributed by atoms with Crippen LogP contribution in [0.2, 0.25) is 0 Å². The molecule has 1 aliphatic carbocycles. The van der Waals surface area contributed by atoms with Gasteiger partial charge in [-0.2, -0.15) is 4.98 Å². The lowest BCUT2D eigenvalue weighted by molar-refractivity contribution is -0.103. The SMILES string of the molecule is CCOc1ncn(C2CC(COCc3ccccc3)C(OCc3ccccc3)C2OCc2ccccc2)c(=O)n1. The van der Waals surface area contributed by atoms with E-state index >= 15 is 0 Å². The smallest absolute Gasteiger partial charge is 0.353 e. The van der Waals surface area contributed by atoms with Crippen molar-refractivity contribution in [3.63, 3.8) is 0 Å². The van der Waals surface area contributed by atoms with E-state index in [9.17, 15) is 4.79 Å². The monoisotopic (exact) mass is 541 g/mol. The fourth-order valence-corrected chi connectivity index (χ4v) is 5.13. The molecule has 1 aliphatic rings. The summed E-state index contributed by atoms with van der Waals surface area (Å²) >= 11 is 0. The molecule has 1 saturated carbocycles. The predicted octanol–water partition coefficient (Wildman–Crippen LogP) is 4.99. The van der Waals surface area contributed by atoms with Crippen molar-refractivity contribution >= 4 is 0 Å². The Morgan fingerprint density at radius 2 is 1.32 bits per heavy atom. The highest BCUT2D eigenvalue weighted by atomic mass is 16.5. The lowest BCUT2D eigenvalue weighted by atomic mass is 10.1. The zero-order valence-electron chi connectivity index (χ0n) is 22.7. The third-order valence-corrected chi connectivity index (χ3v) is 7.06. The van der Waals surface area contributed by atoms with Crippen molar-refractivity contribution < 1.29 is 18.9 Å². The van der Waals surface area contributed by atoms with Crippen LogP contribution in [-0.4, -0.2) is 40.0 Å². The first kappa shape index (κ1) is 27.7. The van der Waals surface area contributed by atoms with Crippen LogP contribution in [0.1, 0.15) is 36.1 Å². The topological polar surface area (TPSA) is 84.7 Å². The van der Waals surface area contributed by atoms with E-state index in [-0.39, 0.29) is 24.1 Å². The maximum absolute atomic E-state index is 13.1. The average Bonchev–Trinajstić information content (AvgIpc) is 3.33. The number of ether oxygens (including phenoxy) is 4. The van der Waals surface area contributed by atoms with E-state index in [0.717, 1.165) is 16.7 Å². The Bertz CT molecular complexity index is 1370. The summed E-state index contributed by atoms with van der Waals surface area (Å²) in [7, 11) is 0. The number of rotatable bonds is 13. The molecule has 1 aromatic heterocycles. The molecule has 4 atom stereocenters. The first-order valence-corrected chi connectivity index (χ1v) is 13.7. The van der Waals surface area contributed by atoms with Crippen LogP contribution in [0.3, 0.4) is 0 Å². The molecule has 0 bridgehead atoms. The van der Waals surface area contributed by atoms with Crippen LogP contribution < -0.4 is 10.4 Å². The van der Waals surface area contributed by atoms with Gasteiger partial charge in [0, 0.05) is 5.92 Å². The second-order valence-corrected chi connectivity index (χ2v) is 9.85. The lowest BCUT2D eigenvalue weighted by Crippen LogP contribution is -2.39. The molecule has 0 radical (unpaired) electrons. The standard InChI is InChI=1S/C32H35N3O5/c1-2-38-31-33-23-35(32(36)34-31)28-18-27(22-37-19-24-12-6-3-7-13-24)29(39-20-25-14-8-4-9-15-25)30(28)40-21-26-16-10-5-11-17-26/h3-17,23,27-30H,2,18-22H2,1H3. The van der Waals surface area contributed by atoms with Crippen molar-refractivity contribution in [1.82, 2.24) is 14.5 Å². The van der Waals surface area contributed by atoms with Gasteiger partial charge in [-0.1, -0.05) is 91.0 Å². The van der Waals surface area contributed by atoms with Gasteiger partial charge in [-0.3, -0.25) is 4.57 Å². The van der Waals surface area contributed by atoms with E-state index in [1.54, 1.807) is 4.57 Å². The number of aromatic nitrogens is 3. The molecule has 4 unspecified atom stereocenters. The highest BCUT2D eigenvalue weighted by Crippen LogP contribution is 2.40. The summed E-state index contributed by atoms with van der Waals surface area (Å²) in [5.41, 5.74) is 2.79. The molecule has 0 saturated heterocycles. The molecular weight excluding hydrogens is 506 g/mol. The van der Waals surface area contributed by atoms with E-state index in [1.165, 1.54) is 6.33 Å². The Morgan fingerprint density at radius 1 is 0.775 bits per heavy atom. The summed E-state index contributed by atoms with van der Waals surface area (Å²) in [4.78, 5) is 21.4. The summed E-state index contributed by atoms with van der Waals surface area (Å²) in [5.74, 6) is -0.0170. The Balaban J connectivity index is 1.41. The quantitative estimate of drug-likeness (QED) is 0.236. The average molecular weight is 542 g/mol. The van der Waals surface area contributed by atoms with E-state index in [0.29, 0.717) is 39.5 Å². The largest absolute Gasteiger partial charge is 0.464 e. The molecule has 0 spiro atoms. The Morgan fingerprint density at radius 3 is 1.88 bits per heavy atom. The molecule has 0 N–H and O–H groups in total. The second-order valence-electron chi connectivity index (χ2n) is 9.85. The van der Waals surface area contributed by atoms with Gasteiger partial charge < -0.3 is 18.9 Å². The molecular formula is C32H35N3O5. The molecule has 1 fully saturated rings. The minimum absolute atomic E-state index is 0.0170. The van der Waals surface area contributed by atoms with Gasteiger partial charge in [0.15, 0.2) is 0 Å². The number of hydrogen-bond acceptors (Lipinski definition) is 7. The summed E-state index contributed by atoms with van der Waals surface area (Å²) < 4.78 is 26.2. The minimum Gasteiger partial charge on any atom is -0.464 e. The van der Waals surface area contributed by atoms with Crippen molar-refractivity contribution in [2.45, 2.75) is 51.4 Å². The molecule has 208 valence electrons. The van der Waals surface area contributed by atoms with Crippen molar-refractivity contribution in [2.75, 3.05) is 13.2 Å². The molecule has 4 aromatic rings. The highest BCUT2D eigenvalue weighted by Gasteiger charge is 2.46. The summed E-state index contributed by atoms with van der Waals surface area (Å²) in [6.07, 6.45) is 1.38. The molecule has 0 amide bonds. The Labute approximate surface area is 234 Å². The van der Waals surface area contributed by atoms with Crippen LogP contribution >= 0.6 is 0 Å². The fourth-order valence-electron chi connectivity index (χ4n) is 5.13. The first-order chi connectivity index (χ1) is 19.7. The number of benzene rings is 3. The van der Waals surface area contributed by atoms with Gasteiger partial charge in [0.1, 0.15) is 12.4 Å². The number of nitrogens with zero attached hydrogens (tertiary/aromatic N) is 3. The zero-order chi connectivity index (χ0) is 27.6. The van der Waals surface area contributed by atoms with Crippen molar-refractivity contribution in [3.05, 3.63) is 124 Å². The summed E-state index contributed by atoms with van der Waals surface area (Å²) in [5, 5.41) is 0. The van der Waals surface area contributed by atoms with Gasteiger partial charge in [-0.05, 0) is 30.0 Å². The first-order valence-electron chi connectivity index (χ1n) is 13.7. The van der Waals surface area contributed by atoms with Crippen LogP contribution in [0, 0.1) is 5.92 Å². The van der Waals surface area contributed by atoms with E-state index in [2.05, 4.69) is 9.97 Å². The van der Waals surface area contributed by atoms with Crippen LogP contribution in [0.15, 0.2) is 102 Å². The van der Waals surface area contributed by atoms with Gasteiger partial charge >= 0.3 is 11.7 Å². The molecule has 8 nitrogen and oxygen atoms in total. The molecule has 3 aromatic carbocycles. The summed E-state index contributed by atoms with van der Waals surface area (Å²) in [6, 6.07) is 29.9. The minimum atomic E-state index is -0.426. The Kier molecular flexibility index (Phi) is 9.68. The third-order valence-electron chi connectivity index (χ3n) is 7.06. The van der Waals surface area contributed by atoms with Gasteiger partial charge in [0.2, 0.25) is 0 Å². The fraction of sp³-hybridized carbons (Fsp3) is 0.344. The Hall–Kier alpha value is -3.85. The van der Waals surface area contributed by atoms with Crippen molar-refractivity contribution in [1.29, 1.82) is 0 Å². The number of hydrogen-bond donors (Lipinski definition) is 0. The maximum Gasteiger partial charge on any atom is 0.353 e. The van der Waals surface area contributed by atoms with Gasteiger partial charge in [-0.15, -0.1) is 4.98 Å². The molecule has 1 heterocycles. The van der Waals surface area contributed by atoms with Gasteiger partial charge in [0.25, 0.3) is 0 Å². The zero-order valence-corrected chi connectivity index (χ0v) is 22.7. The lowest BCUT2D eigenvalue weighted by Gasteiger charge is -2.28. The van der Waals surface area contributed by atoms with Gasteiger partial charge in [0.05, 0.1) is 45.2 Å². The normalized spacial score (nSPS) is 20.4. The van der Waals surface area contributed by atoms with Crippen LogP contribution in [0.25, 0.3) is 0 Å². The van der Waals surface area contributed by atoms with Crippen molar-refractivity contribution in [3.8, 4) is 6.01 Å². The van der Waals surface area contributed by atoms with E-state index < -0.39 is 11.8 Å². The maximum atomic E-state index is 13.1. The molecule has 5 rings (SSSR count). The van der Waals surface area contributed by atoms with Crippen LogP contribution in [-0.2, 0) is 34.0 Å².